The standard InChI is InChI=1S/C19H26N2O/c1-4-21(18-8-6-5-7-14(18)3)19(22)17-12-15-10-9-13(2)11-16(15)20-17/h9-12,14,18,20H,4-8H2,1-3H3. The van der Waals surface area contributed by atoms with Gasteiger partial charge in [-0.3, -0.25) is 4.79 Å². The highest BCUT2D eigenvalue weighted by Gasteiger charge is 2.30. The number of nitrogens with zero attached hydrogens (tertiary/aromatic N) is 1. The summed E-state index contributed by atoms with van der Waals surface area (Å²) in [5.74, 6) is 0.749. The first-order valence-electron chi connectivity index (χ1n) is 8.50. The minimum absolute atomic E-state index is 0.148. The Labute approximate surface area is 132 Å². The third-order valence-electron chi connectivity index (χ3n) is 5.08. The van der Waals surface area contributed by atoms with E-state index in [1.165, 1.54) is 24.8 Å². The maximum absolute atomic E-state index is 13.0. The van der Waals surface area contributed by atoms with Crippen molar-refractivity contribution in [2.45, 2.75) is 52.5 Å². The van der Waals surface area contributed by atoms with Crippen molar-refractivity contribution in [2.24, 2.45) is 5.92 Å². The maximum atomic E-state index is 13.0. The second kappa shape index (κ2) is 6.15. The summed E-state index contributed by atoms with van der Waals surface area (Å²) >= 11 is 0. The van der Waals surface area contributed by atoms with Crippen molar-refractivity contribution in [3.8, 4) is 0 Å². The van der Waals surface area contributed by atoms with Gasteiger partial charge in [0.2, 0.25) is 0 Å². The summed E-state index contributed by atoms with van der Waals surface area (Å²) < 4.78 is 0. The van der Waals surface area contributed by atoms with Gasteiger partial charge in [-0.05, 0) is 50.3 Å². The summed E-state index contributed by atoms with van der Waals surface area (Å²) in [5, 5.41) is 1.11. The van der Waals surface area contributed by atoms with Gasteiger partial charge in [-0.2, -0.15) is 0 Å². The number of fused-ring (bicyclic) bond motifs is 1. The Bertz CT molecular complexity index is 673. The van der Waals surface area contributed by atoms with Crippen LogP contribution in [0.4, 0.5) is 0 Å². The summed E-state index contributed by atoms with van der Waals surface area (Å²) in [4.78, 5) is 18.4. The van der Waals surface area contributed by atoms with Crippen molar-refractivity contribution in [1.29, 1.82) is 0 Å². The van der Waals surface area contributed by atoms with Crippen molar-refractivity contribution in [1.82, 2.24) is 9.88 Å². The zero-order valence-electron chi connectivity index (χ0n) is 13.9. The number of amides is 1. The van der Waals surface area contributed by atoms with E-state index in [4.69, 9.17) is 0 Å². The van der Waals surface area contributed by atoms with Crippen LogP contribution in [-0.4, -0.2) is 28.4 Å². The molecule has 1 amide bonds. The molecule has 0 saturated heterocycles. The van der Waals surface area contributed by atoms with Crippen LogP contribution in [0.3, 0.4) is 0 Å². The van der Waals surface area contributed by atoms with Crippen molar-refractivity contribution in [2.75, 3.05) is 6.54 Å². The quantitative estimate of drug-likeness (QED) is 0.888. The molecule has 1 aliphatic rings. The summed E-state index contributed by atoms with van der Waals surface area (Å²) in [7, 11) is 0. The highest BCUT2D eigenvalue weighted by atomic mass is 16.2. The fourth-order valence-corrected chi connectivity index (χ4v) is 3.80. The molecule has 2 aromatic rings. The van der Waals surface area contributed by atoms with E-state index in [9.17, 15) is 4.79 Å². The Morgan fingerprint density at radius 1 is 1.27 bits per heavy atom. The lowest BCUT2D eigenvalue weighted by atomic mass is 9.84. The van der Waals surface area contributed by atoms with Crippen molar-refractivity contribution in [3.63, 3.8) is 0 Å². The number of benzene rings is 1. The molecule has 1 aliphatic carbocycles. The highest BCUT2D eigenvalue weighted by Crippen LogP contribution is 2.29. The number of hydrogen-bond acceptors (Lipinski definition) is 1. The van der Waals surface area contributed by atoms with Crippen molar-refractivity contribution >= 4 is 16.8 Å². The third kappa shape index (κ3) is 2.77. The number of aromatic nitrogens is 1. The van der Waals surface area contributed by atoms with Gasteiger partial charge in [0, 0.05) is 23.5 Å². The molecular formula is C19H26N2O. The van der Waals surface area contributed by atoms with Gasteiger partial charge in [0.25, 0.3) is 5.91 Å². The molecule has 1 fully saturated rings. The number of carbonyl (C=O) groups is 1. The van der Waals surface area contributed by atoms with E-state index in [1.54, 1.807) is 0 Å². The first kappa shape index (κ1) is 15.1. The van der Waals surface area contributed by atoms with Crippen molar-refractivity contribution < 1.29 is 4.79 Å². The Balaban J connectivity index is 1.88. The Hall–Kier alpha value is -1.77. The van der Waals surface area contributed by atoms with Crippen LogP contribution in [0.25, 0.3) is 10.9 Å². The lowest BCUT2D eigenvalue weighted by molar-refractivity contribution is 0.0565. The fourth-order valence-electron chi connectivity index (χ4n) is 3.80. The van der Waals surface area contributed by atoms with Crippen LogP contribution in [-0.2, 0) is 0 Å². The summed E-state index contributed by atoms with van der Waals surface area (Å²) in [6.45, 7) is 7.23. The molecular weight excluding hydrogens is 272 g/mol. The fraction of sp³-hybridized carbons (Fsp3) is 0.526. The molecule has 2 atom stereocenters. The lowest BCUT2D eigenvalue weighted by Crippen LogP contribution is -2.45. The van der Waals surface area contributed by atoms with Crippen LogP contribution in [0.1, 0.15) is 55.6 Å². The number of aromatic amines is 1. The number of aryl methyl sites for hydroxylation is 1. The van der Waals surface area contributed by atoms with E-state index in [1.807, 2.05) is 6.07 Å². The second-order valence-corrected chi connectivity index (χ2v) is 6.69. The van der Waals surface area contributed by atoms with E-state index >= 15 is 0 Å². The molecule has 118 valence electrons. The molecule has 1 saturated carbocycles. The number of H-pyrrole nitrogens is 1. The topological polar surface area (TPSA) is 36.1 Å². The number of hydrogen-bond donors (Lipinski definition) is 1. The number of nitrogens with one attached hydrogen (secondary N) is 1. The minimum atomic E-state index is 0.148. The summed E-state index contributed by atoms with van der Waals surface area (Å²) in [6.07, 6.45) is 4.92. The molecule has 1 heterocycles. The van der Waals surface area contributed by atoms with Gasteiger partial charge >= 0.3 is 0 Å². The van der Waals surface area contributed by atoms with Gasteiger partial charge in [-0.25, -0.2) is 0 Å². The van der Waals surface area contributed by atoms with Gasteiger partial charge < -0.3 is 9.88 Å². The SMILES string of the molecule is CCN(C(=O)c1cc2ccc(C)cc2[nH]1)C1CCCCC1C. The predicted octanol–water partition coefficient (Wildman–Crippen LogP) is 4.52. The minimum Gasteiger partial charge on any atom is -0.351 e. The molecule has 1 aromatic heterocycles. The second-order valence-electron chi connectivity index (χ2n) is 6.69. The first-order chi connectivity index (χ1) is 10.6. The van der Waals surface area contributed by atoms with Gasteiger partial charge in [-0.15, -0.1) is 0 Å². The highest BCUT2D eigenvalue weighted by molar-refractivity contribution is 5.98. The van der Waals surface area contributed by atoms with Crippen LogP contribution in [0.2, 0.25) is 0 Å². The van der Waals surface area contributed by atoms with Gasteiger partial charge in [-0.1, -0.05) is 31.9 Å². The van der Waals surface area contributed by atoms with E-state index in [0.29, 0.717) is 12.0 Å². The third-order valence-corrected chi connectivity index (χ3v) is 5.08. The zero-order chi connectivity index (χ0) is 15.7. The normalized spacial score (nSPS) is 22.0. The summed E-state index contributed by atoms with van der Waals surface area (Å²) in [5.41, 5.74) is 2.98. The monoisotopic (exact) mass is 298 g/mol. The lowest BCUT2D eigenvalue weighted by Gasteiger charge is -2.38. The average molecular weight is 298 g/mol. The molecule has 0 bridgehead atoms. The van der Waals surface area contributed by atoms with Crippen LogP contribution in [0.15, 0.2) is 24.3 Å². The molecule has 3 heteroatoms. The molecule has 0 aliphatic heterocycles. The first-order valence-corrected chi connectivity index (χ1v) is 8.50. The Kier molecular flexibility index (Phi) is 4.23. The van der Waals surface area contributed by atoms with E-state index in [-0.39, 0.29) is 5.91 Å². The van der Waals surface area contributed by atoms with Crippen LogP contribution in [0.5, 0.6) is 0 Å². The number of rotatable bonds is 3. The van der Waals surface area contributed by atoms with Crippen LogP contribution < -0.4 is 0 Å². The van der Waals surface area contributed by atoms with Crippen LogP contribution in [0, 0.1) is 12.8 Å². The van der Waals surface area contributed by atoms with E-state index in [0.717, 1.165) is 29.6 Å². The van der Waals surface area contributed by atoms with Gasteiger partial charge in [0.05, 0.1) is 0 Å². The molecule has 1 aromatic carbocycles. The average Bonchev–Trinajstić information content (AvgIpc) is 2.92. The molecule has 2 unspecified atom stereocenters. The summed E-state index contributed by atoms with van der Waals surface area (Å²) in [6, 6.07) is 8.65. The van der Waals surface area contributed by atoms with E-state index in [2.05, 4.69) is 48.9 Å². The molecule has 22 heavy (non-hydrogen) atoms. The number of carbonyl (C=O) groups excluding carboxylic acids is 1. The molecule has 3 nitrogen and oxygen atoms in total. The smallest absolute Gasteiger partial charge is 0.270 e. The Morgan fingerprint density at radius 3 is 2.77 bits per heavy atom. The van der Waals surface area contributed by atoms with E-state index < -0.39 is 0 Å². The molecule has 0 spiro atoms. The van der Waals surface area contributed by atoms with Crippen LogP contribution >= 0.6 is 0 Å². The molecule has 0 radical (unpaired) electrons. The largest absolute Gasteiger partial charge is 0.351 e. The van der Waals surface area contributed by atoms with Gasteiger partial charge in [0.1, 0.15) is 5.69 Å². The van der Waals surface area contributed by atoms with Crippen molar-refractivity contribution in [3.05, 3.63) is 35.5 Å². The van der Waals surface area contributed by atoms with Gasteiger partial charge in [0.15, 0.2) is 0 Å². The predicted molar refractivity (Wildman–Crippen MR) is 91.2 cm³/mol. The molecule has 3 rings (SSSR count). The Morgan fingerprint density at radius 2 is 2.05 bits per heavy atom. The zero-order valence-corrected chi connectivity index (χ0v) is 13.9. The molecule has 1 N–H and O–H groups in total. The maximum Gasteiger partial charge on any atom is 0.270 e.